The summed E-state index contributed by atoms with van der Waals surface area (Å²) in [5, 5.41) is 9.05. The largest absolute Gasteiger partial charge is 0.486 e. The highest BCUT2D eigenvalue weighted by Gasteiger charge is 2.28. The van der Waals surface area contributed by atoms with Gasteiger partial charge in [0.2, 0.25) is 0 Å². The summed E-state index contributed by atoms with van der Waals surface area (Å²) in [5.74, 6) is -2.02. The summed E-state index contributed by atoms with van der Waals surface area (Å²) in [6, 6.07) is 3.90. The third-order valence-corrected chi connectivity index (χ3v) is 3.14. The van der Waals surface area contributed by atoms with Crippen LogP contribution in [0.25, 0.3) is 0 Å². The van der Waals surface area contributed by atoms with Crippen LogP contribution >= 0.6 is 0 Å². The highest BCUT2D eigenvalue weighted by molar-refractivity contribution is 5.90. The van der Waals surface area contributed by atoms with Gasteiger partial charge in [-0.2, -0.15) is 0 Å². The SMILES string of the molecule is CC1CC(Oc2c(F)cccc2C(=O)O)CC(C)O1. The molecule has 2 unspecified atom stereocenters. The van der Waals surface area contributed by atoms with Crippen molar-refractivity contribution >= 4 is 5.97 Å². The molecule has 4 nitrogen and oxygen atoms in total. The standard InChI is InChI=1S/C14H17FO4/c1-8-6-10(7-9(2)18-8)19-13-11(14(16)17)4-3-5-12(13)15/h3-5,8-10H,6-7H2,1-2H3,(H,16,17). The van der Waals surface area contributed by atoms with Gasteiger partial charge < -0.3 is 14.6 Å². The van der Waals surface area contributed by atoms with E-state index in [1.807, 2.05) is 13.8 Å². The van der Waals surface area contributed by atoms with Crippen molar-refractivity contribution in [1.82, 2.24) is 0 Å². The molecule has 0 saturated carbocycles. The molecule has 104 valence electrons. The molecule has 2 rings (SSSR count). The number of halogens is 1. The Bertz CT molecular complexity index is 465. The zero-order chi connectivity index (χ0) is 14.0. The first-order chi connectivity index (χ1) is 8.97. The molecule has 0 amide bonds. The summed E-state index contributed by atoms with van der Waals surface area (Å²) in [6.45, 7) is 3.84. The van der Waals surface area contributed by atoms with Crippen LogP contribution in [0.3, 0.4) is 0 Å². The summed E-state index contributed by atoms with van der Waals surface area (Å²) < 4.78 is 24.9. The van der Waals surface area contributed by atoms with Gasteiger partial charge in [0.25, 0.3) is 0 Å². The Kier molecular flexibility index (Phi) is 4.04. The van der Waals surface area contributed by atoms with Crippen molar-refractivity contribution in [2.24, 2.45) is 0 Å². The number of carboxylic acids is 1. The van der Waals surface area contributed by atoms with Crippen LogP contribution in [0.2, 0.25) is 0 Å². The van der Waals surface area contributed by atoms with Crippen LogP contribution in [0.5, 0.6) is 5.75 Å². The van der Waals surface area contributed by atoms with Crippen molar-refractivity contribution in [2.45, 2.75) is 45.0 Å². The number of hydrogen-bond acceptors (Lipinski definition) is 3. The molecule has 1 saturated heterocycles. The molecule has 1 N–H and O–H groups in total. The Labute approximate surface area is 111 Å². The average molecular weight is 268 g/mol. The molecule has 1 aromatic rings. The smallest absolute Gasteiger partial charge is 0.339 e. The normalized spacial score (nSPS) is 27.0. The van der Waals surface area contributed by atoms with Crippen LogP contribution in [0.15, 0.2) is 18.2 Å². The Balaban J connectivity index is 2.21. The van der Waals surface area contributed by atoms with Crippen LogP contribution in [0.1, 0.15) is 37.0 Å². The Morgan fingerprint density at radius 2 is 2.00 bits per heavy atom. The fraction of sp³-hybridized carbons (Fsp3) is 0.500. The minimum absolute atomic E-state index is 0.0220. The number of aromatic carboxylic acids is 1. The minimum atomic E-state index is -1.19. The topological polar surface area (TPSA) is 55.8 Å². The van der Waals surface area contributed by atoms with E-state index in [0.717, 1.165) is 0 Å². The summed E-state index contributed by atoms with van der Waals surface area (Å²) in [4.78, 5) is 11.1. The van der Waals surface area contributed by atoms with Crippen LogP contribution in [-0.4, -0.2) is 29.4 Å². The first-order valence-corrected chi connectivity index (χ1v) is 6.31. The summed E-state index contributed by atoms with van der Waals surface area (Å²) in [6.07, 6.45) is 1.06. The molecule has 1 heterocycles. The number of para-hydroxylation sites is 1. The second-order valence-corrected chi connectivity index (χ2v) is 4.89. The Morgan fingerprint density at radius 3 is 2.58 bits per heavy atom. The second kappa shape index (κ2) is 5.57. The fourth-order valence-electron chi connectivity index (χ4n) is 2.40. The number of carboxylic acid groups (broad SMARTS) is 1. The van der Waals surface area contributed by atoms with Gasteiger partial charge in [0.15, 0.2) is 11.6 Å². The predicted octanol–water partition coefficient (Wildman–Crippen LogP) is 2.86. The van der Waals surface area contributed by atoms with E-state index >= 15 is 0 Å². The van der Waals surface area contributed by atoms with E-state index in [4.69, 9.17) is 14.6 Å². The van der Waals surface area contributed by atoms with Gasteiger partial charge in [-0.05, 0) is 26.0 Å². The van der Waals surface area contributed by atoms with Crippen LogP contribution in [0.4, 0.5) is 4.39 Å². The van der Waals surface area contributed by atoms with Gasteiger partial charge in [-0.15, -0.1) is 0 Å². The van der Waals surface area contributed by atoms with E-state index in [0.29, 0.717) is 12.8 Å². The zero-order valence-corrected chi connectivity index (χ0v) is 10.9. The van der Waals surface area contributed by atoms with E-state index in [9.17, 15) is 9.18 Å². The lowest BCUT2D eigenvalue weighted by atomic mass is 10.0. The Hall–Kier alpha value is -1.62. The lowest BCUT2D eigenvalue weighted by molar-refractivity contribution is -0.0728. The third kappa shape index (κ3) is 3.23. The molecular formula is C14H17FO4. The number of hydrogen-bond donors (Lipinski definition) is 1. The summed E-state index contributed by atoms with van der Waals surface area (Å²) in [7, 11) is 0. The molecule has 0 spiro atoms. The lowest BCUT2D eigenvalue weighted by Crippen LogP contribution is -2.36. The van der Waals surface area contributed by atoms with E-state index in [1.165, 1.54) is 18.2 Å². The van der Waals surface area contributed by atoms with Crippen LogP contribution in [0, 0.1) is 5.82 Å². The molecule has 19 heavy (non-hydrogen) atoms. The highest BCUT2D eigenvalue weighted by Crippen LogP contribution is 2.28. The first-order valence-electron chi connectivity index (χ1n) is 6.31. The van der Waals surface area contributed by atoms with Gasteiger partial charge in [-0.3, -0.25) is 0 Å². The van der Waals surface area contributed by atoms with Crippen molar-refractivity contribution in [3.63, 3.8) is 0 Å². The molecular weight excluding hydrogens is 251 g/mol. The van der Waals surface area contributed by atoms with Gasteiger partial charge in [0, 0.05) is 12.8 Å². The van der Waals surface area contributed by atoms with Gasteiger partial charge in [-0.25, -0.2) is 9.18 Å². The van der Waals surface area contributed by atoms with Gasteiger partial charge in [0.05, 0.1) is 12.2 Å². The highest BCUT2D eigenvalue weighted by atomic mass is 19.1. The molecule has 0 bridgehead atoms. The maximum absolute atomic E-state index is 13.7. The van der Waals surface area contributed by atoms with Crippen molar-refractivity contribution in [3.8, 4) is 5.75 Å². The van der Waals surface area contributed by atoms with Gasteiger partial charge in [0.1, 0.15) is 11.7 Å². The number of ether oxygens (including phenoxy) is 2. The maximum Gasteiger partial charge on any atom is 0.339 e. The average Bonchev–Trinajstić information content (AvgIpc) is 2.30. The lowest BCUT2D eigenvalue weighted by Gasteiger charge is -2.32. The summed E-state index contributed by atoms with van der Waals surface area (Å²) in [5.41, 5.74) is -0.146. The van der Waals surface area contributed by atoms with Gasteiger partial charge >= 0.3 is 5.97 Å². The van der Waals surface area contributed by atoms with E-state index < -0.39 is 11.8 Å². The van der Waals surface area contributed by atoms with Crippen LogP contribution < -0.4 is 4.74 Å². The maximum atomic E-state index is 13.7. The molecule has 1 aromatic carbocycles. The summed E-state index contributed by atoms with van der Waals surface area (Å²) >= 11 is 0. The van der Waals surface area contributed by atoms with Crippen LogP contribution in [-0.2, 0) is 4.74 Å². The third-order valence-electron chi connectivity index (χ3n) is 3.14. The minimum Gasteiger partial charge on any atom is -0.486 e. The van der Waals surface area contributed by atoms with E-state index in [2.05, 4.69) is 0 Å². The fourth-order valence-corrected chi connectivity index (χ4v) is 2.40. The molecule has 1 aliphatic heterocycles. The molecule has 1 aliphatic rings. The molecule has 5 heteroatoms. The van der Waals surface area contributed by atoms with Gasteiger partial charge in [-0.1, -0.05) is 6.07 Å². The monoisotopic (exact) mass is 268 g/mol. The van der Waals surface area contributed by atoms with E-state index in [1.54, 1.807) is 0 Å². The molecule has 2 atom stereocenters. The van der Waals surface area contributed by atoms with Crippen molar-refractivity contribution in [1.29, 1.82) is 0 Å². The molecule has 0 aliphatic carbocycles. The van der Waals surface area contributed by atoms with Crippen molar-refractivity contribution < 1.29 is 23.8 Å². The first kappa shape index (κ1) is 13.8. The number of carbonyl (C=O) groups is 1. The van der Waals surface area contributed by atoms with Crippen molar-refractivity contribution in [3.05, 3.63) is 29.6 Å². The number of benzene rings is 1. The second-order valence-electron chi connectivity index (χ2n) is 4.89. The van der Waals surface area contributed by atoms with E-state index in [-0.39, 0.29) is 29.6 Å². The zero-order valence-electron chi connectivity index (χ0n) is 10.9. The van der Waals surface area contributed by atoms with Crippen molar-refractivity contribution in [2.75, 3.05) is 0 Å². The molecule has 0 radical (unpaired) electrons. The number of rotatable bonds is 3. The molecule has 1 fully saturated rings. The molecule has 0 aromatic heterocycles. The quantitative estimate of drug-likeness (QED) is 0.915. The predicted molar refractivity (Wildman–Crippen MR) is 67.0 cm³/mol. The Morgan fingerprint density at radius 1 is 1.37 bits per heavy atom.